The van der Waals surface area contributed by atoms with E-state index in [1.807, 2.05) is 0 Å². The Balaban J connectivity index is 1.61. The standard InChI is InChI=1S/C19H20N4O6/c1-28-16-8-7-15(10-17(16)29-2)22-11-13(9-18(22)24)21-19(25)20-12-3-5-14(6-4-12)23(26)27/h3-8,10,13H,9,11H2,1-2H3,(H2,20,21,25). The van der Waals surface area contributed by atoms with E-state index >= 15 is 0 Å². The summed E-state index contributed by atoms with van der Waals surface area (Å²) in [4.78, 5) is 36.3. The molecule has 3 amide bonds. The molecular formula is C19H20N4O6. The molecule has 0 aromatic heterocycles. The summed E-state index contributed by atoms with van der Waals surface area (Å²) in [5, 5.41) is 16.0. The number of nitrogens with zero attached hydrogens (tertiary/aromatic N) is 2. The topological polar surface area (TPSA) is 123 Å². The third kappa shape index (κ3) is 4.54. The highest BCUT2D eigenvalue weighted by Crippen LogP contribution is 2.33. The molecule has 2 aromatic carbocycles. The van der Waals surface area contributed by atoms with Crippen molar-refractivity contribution in [1.29, 1.82) is 0 Å². The Bertz CT molecular complexity index is 931. The number of non-ortho nitro benzene ring substituents is 1. The van der Waals surface area contributed by atoms with Crippen molar-refractivity contribution < 1.29 is 24.0 Å². The molecule has 1 aliphatic heterocycles. The quantitative estimate of drug-likeness (QED) is 0.567. The van der Waals surface area contributed by atoms with Crippen LogP contribution in [0.3, 0.4) is 0 Å². The molecule has 1 heterocycles. The largest absolute Gasteiger partial charge is 0.493 e. The molecule has 152 valence electrons. The van der Waals surface area contributed by atoms with E-state index in [0.29, 0.717) is 29.4 Å². The van der Waals surface area contributed by atoms with Crippen molar-refractivity contribution in [3.8, 4) is 11.5 Å². The number of nitro benzene ring substituents is 1. The summed E-state index contributed by atoms with van der Waals surface area (Å²) < 4.78 is 10.5. The second-order valence-electron chi connectivity index (χ2n) is 6.35. The van der Waals surface area contributed by atoms with E-state index in [2.05, 4.69) is 10.6 Å². The van der Waals surface area contributed by atoms with E-state index < -0.39 is 11.0 Å². The van der Waals surface area contributed by atoms with Crippen molar-refractivity contribution in [1.82, 2.24) is 5.32 Å². The van der Waals surface area contributed by atoms with Gasteiger partial charge in [0.2, 0.25) is 5.91 Å². The Kier molecular flexibility index (Phi) is 5.82. The summed E-state index contributed by atoms with van der Waals surface area (Å²) >= 11 is 0. The first-order chi connectivity index (χ1) is 13.9. The minimum atomic E-state index is -0.517. The highest BCUT2D eigenvalue weighted by atomic mass is 16.6. The molecule has 1 aliphatic rings. The zero-order valence-corrected chi connectivity index (χ0v) is 15.9. The van der Waals surface area contributed by atoms with Crippen LogP contribution in [0.4, 0.5) is 21.9 Å². The van der Waals surface area contributed by atoms with Crippen LogP contribution < -0.4 is 25.0 Å². The SMILES string of the molecule is COc1ccc(N2CC(NC(=O)Nc3ccc([N+](=O)[O-])cc3)CC2=O)cc1OC. The van der Waals surface area contributed by atoms with Crippen molar-refractivity contribution in [3.05, 3.63) is 52.6 Å². The maximum absolute atomic E-state index is 12.4. The highest BCUT2D eigenvalue weighted by Gasteiger charge is 2.32. The third-order valence-corrected chi connectivity index (χ3v) is 4.48. The van der Waals surface area contributed by atoms with E-state index in [9.17, 15) is 19.7 Å². The summed E-state index contributed by atoms with van der Waals surface area (Å²) in [7, 11) is 3.04. The number of urea groups is 1. The zero-order valence-electron chi connectivity index (χ0n) is 15.9. The Morgan fingerprint density at radius 3 is 2.45 bits per heavy atom. The Morgan fingerprint density at radius 1 is 1.14 bits per heavy atom. The van der Waals surface area contributed by atoms with Crippen LogP contribution in [-0.2, 0) is 4.79 Å². The molecule has 0 aliphatic carbocycles. The summed E-state index contributed by atoms with van der Waals surface area (Å²) in [5.41, 5.74) is 0.991. The van der Waals surface area contributed by atoms with Crippen molar-refractivity contribution in [2.45, 2.75) is 12.5 Å². The molecule has 1 unspecified atom stereocenters. The molecule has 2 aromatic rings. The number of benzene rings is 2. The molecule has 3 rings (SSSR count). The van der Waals surface area contributed by atoms with Crippen LogP contribution in [0.15, 0.2) is 42.5 Å². The van der Waals surface area contributed by atoms with Gasteiger partial charge >= 0.3 is 6.03 Å². The van der Waals surface area contributed by atoms with Gasteiger partial charge in [-0.2, -0.15) is 0 Å². The number of nitrogens with one attached hydrogen (secondary N) is 2. The lowest BCUT2D eigenvalue weighted by Gasteiger charge is -2.19. The average Bonchev–Trinajstić information content (AvgIpc) is 3.07. The average molecular weight is 400 g/mol. The molecule has 1 saturated heterocycles. The predicted octanol–water partition coefficient (Wildman–Crippen LogP) is 2.54. The Hall–Kier alpha value is -3.82. The fraction of sp³-hybridized carbons (Fsp3) is 0.263. The normalized spacial score (nSPS) is 15.7. The second kappa shape index (κ2) is 8.46. The maximum Gasteiger partial charge on any atom is 0.319 e. The molecule has 10 nitrogen and oxygen atoms in total. The van der Waals surface area contributed by atoms with Crippen molar-refractivity contribution in [2.24, 2.45) is 0 Å². The van der Waals surface area contributed by atoms with E-state index in [4.69, 9.17) is 9.47 Å². The number of anilines is 2. The zero-order chi connectivity index (χ0) is 21.0. The predicted molar refractivity (Wildman–Crippen MR) is 106 cm³/mol. The lowest BCUT2D eigenvalue weighted by Crippen LogP contribution is -2.39. The first-order valence-corrected chi connectivity index (χ1v) is 8.75. The number of nitro groups is 1. The maximum atomic E-state index is 12.4. The fourth-order valence-electron chi connectivity index (χ4n) is 3.07. The number of rotatable bonds is 6. The molecule has 2 N–H and O–H groups in total. The van der Waals surface area contributed by atoms with Crippen LogP contribution >= 0.6 is 0 Å². The van der Waals surface area contributed by atoms with E-state index in [0.717, 1.165) is 0 Å². The van der Waals surface area contributed by atoms with Crippen molar-refractivity contribution >= 4 is 29.0 Å². The number of carbonyl (C=O) groups is 2. The molecule has 0 saturated carbocycles. The van der Waals surface area contributed by atoms with Crippen LogP contribution in [0.2, 0.25) is 0 Å². The van der Waals surface area contributed by atoms with Gasteiger partial charge in [-0.1, -0.05) is 0 Å². The molecule has 0 bridgehead atoms. The summed E-state index contributed by atoms with van der Waals surface area (Å²) in [6.07, 6.45) is 0.155. The van der Waals surface area contributed by atoms with Gasteiger partial charge in [-0.3, -0.25) is 14.9 Å². The minimum absolute atomic E-state index is 0.0668. The van der Waals surface area contributed by atoms with Gasteiger partial charge in [-0.25, -0.2) is 4.79 Å². The molecule has 10 heteroatoms. The highest BCUT2D eigenvalue weighted by molar-refractivity contribution is 5.98. The first-order valence-electron chi connectivity index (χ1n) is 8.75. The Morgan fingerprint density at radius 2 is 1.83 bits per heavy atom. The number of amides is 3. The van der Waals surface area contributed by atoms with Crippen LogP contribution in [-0.4, -0.2) is 43.7 Å². The number of methoxy groups -OCH3 is 2. The monoisotopic (exact) mass is 400 g/mol. The fourth-order valence-corrected chi connectivity index (χ4v) is 3.07. The number of carbonyl (C=O) groups excluding carboxylic acids is 2. The third-order valence-electron chi connectivity index (χ3n) is 4.48. The van der Waals surface area contributed by atoms with E-state index in [1.165, 1.54) is 38.5 Å². The minimum Gasteiger partial charge on any atom is -0.493 e. The van der Waals surface area contributed by atoms with Gasteiger partial charge in [0.25, 0.3) is 5.69 Å². The number of hydrogen-bond acceptors (Lipinski definition) is 6. The molecule has 1 fully saturated rings. The molecule has 29 heavy (non-hydrogen) atoms. The molecule has 1 atom stereocenters. The number of ether oxygens (including phenoxy) is 2. The van der Waals surface area contributed by atoms with Gasteiger partial charge in [0.1, 0.15) is 0 Å². The van der Waals surface area contributed by atoms with Crippen LogP contribution in [0, 0.1) is 10.1 Å². The van der Waals surface area contributed by atoms with Crippen LogP contribution in [0.5, 0.6) is 11.5 Å². The van der Waals surface area contributed by atoms with Gasteiger partial charge < -0.3 is 25.0 Å². The van der Waals surface area contributed by atoms with Crippen molar-refractivity contribution in [2.75, 3.05) is 31.0 Å². The molecule has 0 spiro atoms. The van der Waals surface area contributed by atoms with Gasteiger partial charge in [0.05, 0.1) is 25.2 Å². The van der Waals surface area contributed by atoms with Crippen molar-refractivity contribution in [3.63, 3.8) is 0 Å². The lowest BCUT2D eigenvalue weighted by atomic mass is 10.2. The van der Waals surface area contributed by atoms with Crippen LogP contribution in [0.1, 0.15) is 6.42 Å². The van der Waals surface area contributed by atoms with E-state index in [-0.39, 0.29) is 24.1 Å². The van der Waals surface area contributed by atoms with Gasteiger partial charge in [0.15, 0.2) is 11.5 Å². The van der Waals surface area contributed by atoms with Gasteiger partial charge in [0, 0.05) is 42.5 Å². The van der Waals surface area contributed by atoms with E-state index in [1.54, 1.807) is 23.1 Å². The van der Waals surface area contributed by atoms with Gasteiger partial charge in [-0.05, 0) is 24.3 Å². The summed E-state index contributed by atoms with van der Waals surface area (Å²) in [6, 6.07) is 9.76. The smallest absolute Gasteiger partial charge is 0.319 e. The molecular weight excluding hydrogens is 380 g/mol. The lowest BCUT2D eigenvalue weighted by molar-refractivity contribution is -0.384. The summed E-state index contributed by atoms with van der Waals surface area (Å²) in [5.74, 6) is 0.933. The van der Waals surface area contributed by atoms with Gasteiger partial charge in [-0.15, -0.1) is 0 Å². The summed E-state index contributed by atoms with van der Waals surface area (Å²) in [6.45, 7) is 0.308. The van der Waals surface area contributed by atoms with Crippen LogP contribution in [0.25, 0.3) is 0 Å². The second-order valence-corrected chi connectivity index (χ2v) is 6.35. The molecule has 0 radical (unpaired) electrons. The first kappa shape index (κ1) is 19.9. The Labute approximate surface area is 166 Å². The number of hydrogen-bond donors (Lipinski definition) is 2.